The Bertz CT molecular complexity index is 580. The van der Waals surface area contributed by atoms with E-state index < -0.39 is 15.3 Å². The average Bonchev–Trinajstić information content (AvgIpc) is 2.14. The Balaban J connectivity index is 3.32. The number of anilines is 1. The van der Waals surface area contributed by atoms with E-state index in [2.05, 4.69) is 4.72 Å². The van der Waals surface area contributed by atoms with Crippen LogP contribution in [0.1, 0.15) is 27.6 Å². The van der Waals surface area contributed by atoms with Gasteiger partial charge in [0, 0.05) is 5.56 Å². The van der Waals surface area contributed by atoms with Crippen molar-refractivity contribution in [3.05, 3.63) is 29.3 Å². The average molecular weight is 276 g/mol. The van der Waals surface area contributed by atoms with Gasteiger partial charge in [-0.15, -0.1) is 0 Å². The minimum atomic E-state index is -3.51. The molecule has 0 spiro atoms. The van der Waals surface area contributed by atoms with Gasteiger partial charge in [0.2, 0.25) is 10.0 Å². The van der Waals surface area contributed by atoms with Crippen molar-refractivity contribution < 1.29 is 18.0 Å². The van der Waals surface area contributed by atoms with Crippen LogP contribution in [0.4, 0.5) is 5.69 Å². The van der Waals surface area contributed by atoms with Crippen LogP contribution in [-0.4, -0.2) is 25.7 Å². The molecule has 0 fully saturated rings. The van der Waals surface area contributed by atoms with Gasteiger partial charge < -0.3 is 0 Å². The van der Waals surface area contributed by atoms with Crippen LogP contribution in [0, 0.1) is 0 Å². The van der Waals surface area contributed by atoms with Crippen LogP contribution < -0.4 is 4.72 Å². The van der Waals surface area contributed by atoms with Gasteiger partial charge in [0.15, 0.2) is 5.78 Å². The van der Waals surface area contributed by atoms with Crippen LogP contribution in [0.3, 0.4) is 0 Å². The molecule has 1 aromatic carbocycles. The Labute approximate surface area is 104 Å². The normalized spacial score (nSPS) is 11.0. The summed E-state index contributed by atoms with van der Waals surface area (Å²) in [5.74, 6) is -0.241. The largest absolute Gasteiger partial charge is 0.295 e. The molecule has 0 heterocycles. The number of sulfonamides is 1. The maximum absolute atomic E-state index is 11.1. The van der Waals surface area contributed by atoms with Crippen molar-refractivity contribution in [2.45, 2.75) is 6.92 Å². The Morgan fingerprint density at radius 2 is 1.88 bits per heavy atom. The van der Waals surface area contributed by atoms with Crippen molar-refractivity contribution in [1.82, 2.24) is 0 Å². The zero-order valence-corrected chi connectivity index (χ0v) is 10.7. The SMILES string of the molecule is CC(=O)c1ccc(NS(C)(=O)=O)c(C(=O)Cl)c1. The summed E-state index contributed by atoms with van der Waals surface area (Å²) in [6.45, 7) is 1.33. The molecule has 0 aliphatic heterocycles. The molecule has 5 nitrogen and oxygen atoms in total. The van der Waals surface area contributed by atoms with Crippen molar-refractivity contribution in [2.75, 3.05) is 11.0 Å². The number of halogens is 1. The molecule has 7 heteroatoms. The van der Waals surface area contributed by atoms with E-state index in [1.165, 1.54) is 25.1 Å². The van der Waals surface area contributed by atoms with Crippen LogP contribution in [0.15, 0.2) is 18.2 Å². The number of hydrogen-bond donors (Lipinski definition) is 1. The van der Waals surface area contributed by atoms with Crippen LogP contribution in [0.5, 0.6) is 0 Å². The molecule has 0 unspecified atom stereocenters. The van der Waals surface area contributed by atoms with E-state index in [9.17, 15) is 18.0 Å². The van der Waals surface area contributed by atoms with E-state index in [0.717, 1.165) is 6.26 Å². The highest BCUT2D eigenvalue weighted by Crippen LogP contribution is 2.21. The summed E-state index contributed by atoms with van der Waals surface area (Å²) in [5, 5.41) is -0.834. The molecule has 0 atom stereocenters. The van der Waals surface area contributed by atoms with Crippen molar-refractivity contribution in [3.63, 3.8) is 0 Å². The third-order valence-corrected chi connectivity index (χ3v) is 2.73. The number of carbonyl (C=O) groups is 2. The summed E-state index contributed by atoms with van der Waals surface area (Å²) in [6.07, 6.45) is 0.953. The third kappa shape index (κ3) is 3.83. The van der Waals surface area contributed by atoms with Gasteiger partial charge in [-0.05, 0) is 36.7 Å². The topological polar surface area (TPSA) is 80.3 Å². The van der Waals surface area contributed by atoms with Crippen LogP contribution in [-0.2, 0) is 10.0 Å². The second-order valence-electron chi connectivity index (χ2n) is 3.46. The maximum atomic E-state index is 11.1. The van der Waals surface area contributed by atoms with Gasteiger partial charge in [0.25, 0.3) is 5.24 Å². The van der Waals surface area contributed by atoms with Crippen LogP contribution in [0.25, 0.3) is 0 Å². The summed E-state index contributed by atoms with van der Waals surface area (Å²) in [5.41, 5.74) is 0.287. The van der Waals surface area contributed by atoms with Crippen molar-refractivity contribution in [2.24, 2.45) is 0 Å². The Morgan fingerprint density at radius 3 is 2.29 bits per heavy atom. The smallest absolute Gasteiger partial charge is 0.254 e. The first-order chi connectivity index (χ1) is 7.70. The van der Waals surface area contributed by atoms with Gasteiger partial charge in [0.1, 0.15) is 0 Å². The van der Waals surface area contributed by atoms with E-state index in [4.69, 9.17) is 11.6 Å². The lowest BCUT2D eigenvalue weighted by molar-refractivity contribution is 0.101. The fourth-order valence-corrected chi connectivity index (χ4v) is 1.95. The number of rotatable bonds is 4. The van der Waals surface area contributed by atoms with Crippen molar-refractivity contribution >= 4 is 38.3 Å². The predicted octanol–water partition coefficient (Wildman–Crippen LogP) is 1.64. The fraction of sp³-hybridized carbons (Fsp3) is 0.200. The Morgan fingerprint density at radius 1 is 1.29 bits per heavy atom. The molecule has 17 heavy (non-hydrogen) atoms. The summed E-state index contributed by atoms with van der Waals surface area (Å²) >= 11 is 5.33. The molecule has 1 aromatic rings. The summed E-state index contributed by atoms with van der Waals surface area (Å²) < 4.78 is 24.3. The monoisotopic (exact) mass is 275 g/mol. The van der Waals surface area contributed by atoms with Gasteiger partial charge in [-0.3, -0.25) is 14.3 Å². The van der Waals surface area contributed by atoms with Gasteiger partial charge >= 0.3 is 0 Å². The second-order valence-corrected chi connectivity index (χ2v) is 5.56. The molecule has 0 aliphatic carbocycles. The van der Waals surface area contributed by atoms with E-state index in [1.807, 2.05) is 0 Å². The highest BCUT2D eigenvalue weighted by molar-refractivity contribution is 7.92. The lowest BCUT2D eigenvalue weighted by Crippen LogP contribution is -2.12. The maximum Gasteiger partial charge on any atom is 0.254 e. The first-order valence-corrected chi connectivity index (χ1v) is 6.80. The molecule has 0 radical (unpaired) electrons. The second kappa shape index (κ2) is 4.85. The lowest BCUT2D eigenvalue weighted by atomic mass is 10.1. The molecule has 0 saturated carbocycles. The van der Waals surface area contributed by atoms with E-state index in [-0.39, 0.29) is 22.6 Å². The van der Waals surface area contributed by atoms with Gasteiger partial charge in [-0.1, -0.05) is 0 Å². The van der Waals surface area contributed by atoms with Crippen molar-refractivity contribution in [3.8, 4) is 0 Å². The summed E-state index contributed by atoms with van der Waals surface area (Å²) in [6, 6.07) is 4.00. The molecule has 0 saturated heterocycles. The van der Waals surface area contributed by atoms with Gasteiger partial charge in [-0.25, -0.2) is 8.42 Å². The Kier molecular flexibility index (Phi) is 3.90. The predicted molar refractivity (Wildman–Crippen MR) is 65.1 cm³/mol. The summed E-state index contributed by atoms with van der Waals surface area (Å²) in [4.78, 5) is 22.3. The molecule has 92 valence electrons. The summed E-state index contributed by atoms with van der Waals surface area (Å²) in [7, 11) is -3.51. The number of carbonyl (C=O) groups excluding carboxylic acids is 2. The third-order valence-electron chi connectivity index (χ3n) is 1.93. The molecular weight excluding hydrogens is 266 g/mol. The quantitative estimate of drug-likeness (QED) is 0.669. The number of Topliss-reactive ketones (excluding diaryl/α,β-unsaturated/α-hetero) is 1. The molecule has 0 aromatic heterocycles. The van der Waals surface area contributed by atoms with Gasteiger partial charge in [0.05, 0.1) is 17.5 Å². The molecule has 0 aliphatic rings. The molecule has 0 bridgehead atoms. The lowest BCUT2D eigenvalue weighted by Gasteiger charge is -2.08. The standard InChI is InChI=1S/C10H10ClNO4S/c1-6(13)7-3-4-9(12-17(2,15)16)8(5-7)10(11)14/h3-5,12H,1-2H3. The Hall–Kier alpha value is -1.40. The van der Waals surface area contributed by atoms with E-state index >= 15 is 0 Å². The molecule has 0 amide bonds. The van der Waals surface area contributed by atoms with Crippen LogP contribution in [0.2, 0.25) is 0 Å². The number of ketones is 1. The zero-order valence-electron chi connectivity index (χ0n) is 9.15. The minimum absolute atomic E-state index is 0.0511. The molecule has 1 N–H and O–H groups in total. The van der Waals surface area contributed by atoms with Crippen LogP contribution >= 0.6 is 11.6 Å². The first kappa shape index (κ1) is 13.7. The zero-order chi connectivity index (χ0) is 13.2. The van der Waals surface area contributed by atoms with E-state index in [1.54, 1.807) is 0 Å². The molecule has 1 rings (SSSR count). The highest BCUT2D eigenvalue weighted by atomic mass is 35.5. The number of benzene rings is 1. The number of hydrogen-bond acceptors (Lipinski definition) is 4. The molecular formula is C10H10ClNO4S. The number of nitrogens with one attached hydrogen (secondary N) is 1. The van der Waals surface area contributed by atoms with Gasteiger partial charge in [-0.2, -0.15) is 0 Å². The van der Waals surface area contributed by atoms with E-state index in [0.29, 0.717) is 0 Å². The van der Waals surface area contributed by atoms with Crippen molar-refractivity contribution in [1.29, 1.82) is 0 Å². The fourth-order valence-electron chi connectivity index (χ4n) is 1.21. The first-order valence-electron chi connectivity index (χ1n) is 4.53. The highest BCUT2D eigenvalue weighted by Gasteiger charge is 2.14. The minimum Gasteiger partial charge on any atom is -0.295 e.